The number of carbonyl (C=O) groups is 1. The zero-order valence-electron chi connectivity index (χ0n) is 10.1. The summed E-state index contributed by atoms with van der Waals surface area (Å²) in [4.78, 5) is 11.9. The quantitative estimate of drug-likeness (QED) is 0.880. The maximum Gasteiger partial charge on any atom is 0.254 e. The second-order valence-electron chi connectivity index (χ2n) is 4.09. The highest BCUT2D eigenvalue weighted by atomic mass is 19.1. The minimum atomic E-state index is -0.504. The normalized spacial score (nSPS) is 11.9. The van der Waals surface area contributed by atoms with Crippen molar-refractivity contribution in [3.8, 4) is 0 Å². The Kier molecular flexibility index (Phi) is 3.72. The summed E-state index contributed by atoms with van der Waals surface area (Å²) >= 11 is 0. The standard InChI is InChI=1S/C15H14FNO/c1-11(12-7-3-2-4-8-12)17-15(18)13-9-5-6-10-14(13)16/h2-11H,1H3,(H,17,18)/t11-/m1/s1. The SMILES string of the molecule is C[C@@H](NC(=O)c1ccccc1F)c1ccccc1. The summed E-state index contributed by atoms with van der Waals surface area (Å²) in [6.07, 6.45) is 0. The van der Waals surface area contributed by atoms with Gasteiger partial charge in [0.1, 0.15) is 5.82 Å². The fourth-order valence-electron chi connectivity index (χ4n) is 1.74. The lowest BCUT2D eigenvalue weighted by Gasteiger charge is -2.14. The highest BCUT2D eigenvalue weighted by molar-refractivity contribution is 5.94. The number of nitrogens with one attached hydrogen (secondary N) is 1. The topological polar surface area (TPSA) is 29.1 Å². The van der Waals surface area contributed by atoms with Crippen molar-refractivity contribution in [3.63, 3.8) is 0 Å². The van der Waals surface area contributed by atoms with Crippen molar-refractivity contribution in [2.24, 2.45) is 0 Å². The number of hydrogen-bond donors (Lipinski definition) is 1. The first-order valence-electron chi connectivity index (χ1n) is 5.79. The maximum atomic E-state index is 13.4. The molecule has 1 amide bonds. The molecule has 0 aliphatic heterocycles. The van der Waals surface area contributed by atoms with Crippen molar-refractivity contribution in [2.75, 3.05) is 0 Å². The van der Waals surface area contributed by atoms with E-state index in [-0.39, 0.29) is 11.6 Å². The van der Waals surface area contributed by atoms with Crippen LogP contribution >= 0.6 is 0 Å². The Morgan fingerprint density at radius 2 is 1.67 bits per heavy atom. The largest absolute Gasteiger partial charge is 0.345 e. The minimum absolute atomic E-state index is 0.0697. The lowest BCUT2D eigenvalue weighted by atomic mass is 10.1. The van der Waals surface area contributed by atoms with Gasteiger partial charge in [-0.05, 0) is 24.6 Å². The molecule has 2 aromatic rings. The maximum absolute atomic E-state index is 13.4. The molecule has 0 aliphatic rings. The molecule has 2 aromatic carbocycles. The highest BCUT2D eigenvalue weighted by Crippen LogP contribution is 2.13. The second kappa shape index (κ2) is 5.45. The molecule has 0 radical (unpaired) electrons. The molecule has 0 aromatic heterocycles. The van der Waals surface area contributed by atoms with Gasteiger partial charge in [-0.3, -0.25) is 4.79 Å². The van der Waals surface area contributed by atoms with Crippen LogP contribution in [0, 0.1) is 5.82 Å². The van der Waals surface area contributed by atoms with Gasteiger partial charge in [-0.2, -0.15) is 0 Å². The summed E-state index contributed by atoms with van der Waals surface area (Å²) in [5.41, 5.74) is 1.06. The van der Waals surface area contributed by atoms with E-state index in [1.54, 1.807) is 12.1 Å². The number of halogens is 1. The first-order valence-corrected chi connectivity index (χ1v) is 5.79. The summed E-state index contributed by atoms with van der Waals surface area (Å²) in [7, 11) is 0. The van der Waals surface area contributed by atoms with E-state index < -0.39 is 11.7 Å². The fraction of sp³-hybridized carbons (Fsp3) is 0.133. The molecule has 0 unspecified atom stereocenters. The first kappa shape index (κ1) is 12.3. The van der Waals surface area contributed by atoms with Gasteiger partial charge in [-0.15, -0.1) is 0 Å². The summed E-state index contributed by atoms with van der Waals surface area (Å²) in [6, 6.07) is 15.4. The van der Waals surface area contributed by atoms with Gasteiger partial charge in [0.05, 0.1) is 11.6 Å². The summed E-state index contributed by atoms with van der Waals surface area (Å²) in [6.45, 7) is 1.87. The van der Waals surface area contributed by atoms with Crippen molar-refractivity contribution < 1.29 is 9.18 Å². The average molecular weight is 243 g/mol. The van der Waals surface area contributed by atoms with Crippen LogP contribution in [0.5, 0.6) is 0 Å². The predicted octanol–water partition coefficient (Wildman–Crippen LogP) is 3.32. The summed E-state index contributed by atoms with van der Waals surface area (Å²) in [5.74, 6) is -0.903. The lowest BCUT2D eigenvalue weighted by Crippen LogP contribution is -2.27. The first-order chi connectivity index (χ1) is 8.68. The molecule has 0 heterocycles. The molecule has 1 N–H and O–H groups in total. The van der Waals surface area contributed by atoms with Crippen LogP contribution in [-0.4, -0.2) is 5.91 Å². The molecule has 0 bridgehead atoms. The Morgan fingerprint density at radius 3 is 2.33 bits per heavy atom. The molecular formula is C15H14FNO. The second-order valence-corrected chi connectivity index (χ2v) is 4.09. The van der Waals surface area contributed by atoms with Gasteiger partial charge in [0.2, 0.25) is 0 Å². The summed E-state index contributed by atoms with van der Waals surface area (Å²) in [5, 5.41) is 2.77. The highest BCUT2D eigenvalue weighted by Gasteiger charge is 2.14. The van der Waals surface area contributed by atoms with Crippen molar-refractivity contribution in [1.29, 1.82) is 0 Å². The van der Waals surface area contributed by atoms with Crippen LogP contribution in [0.1, 0.15) is 28.9 Å². The number of hydrogen-bond acceptors (Lipinski definition) is 1. The molecule has 1 atom stereocenters. The number of amides is 1. The number of benzene rings is 2. The van der Waals surface area contributed by atoms with Crippen molar-refractivity contribution in [2.45, 2.75) is 13.0 Å². The third-order valence-electron chi connectivity index (χ3n) is 2.77. The van der Waals surface area contributed by atoms with Gasteiger partial charge in [-0.1, -0.05) is 42.5 Å². The van der Waals surface area contributed by atoms with Crippen molar-refractivity contribution in [1.82, 2.24) is 5.32 Å². The van der Waals surface area contributed by atoms with Gasteiger partial charge in [0.25, 0.3) is 5.91 Å². The lowest BCUT2D eigenvalue weighted by molar-refractivity contribution is 0.0936. The van der Waals surface area contributed by atoms with Gasteiger partial charge >= 0.3 is 0 Å². The third kappa shape index (κ3) is 2.74. The predicted molar refractivity (Wildman–Crippen MR) is 68.7 cm³/mol. The van der Waals surface area contributed by atoms with Crippen LogP contribution in [0.2, 0.25) is 0 Å². The van der Waals surface area contributed by atoms with Gasteiger partial charge < -0.3 is 5.32 Å². The number of rotatable bonds is 3. The molecule has 0 saturated heterocycles. The fourth-order valence-corrected chi connectivity index (χ4v) is 1.74. The average Bonchev–Trinajstić information content (AvgIpc) is 2.40. The van der Waals surface area contributed by atoms with Crippen LogP contribution in [-0.2, 0) is 0 Å². The monoisotopic (exact) mass is 243 g/mol. The molecule has 0 fully saturated rings. The van der Waals surface area contributed by atoms with E-state index in [2.05, 4.69) is 5.32 Å². The van der Waals surface area contributed by atoms with E-state index in [0.717, 1.165) is 5.56 Å². The Bertz CT molecular complexity index is 539. The van der Waals surface area contributed by atoms with E-state index in [1.807, 2.05) is 37.3 Å². The molecule has 2 nitrogen and oxygen atoms in total. The molecular weight excluding hydrogens is 229 g/mol. The molecule has 0 aliphatic carbocycles. The Morgan fingerprint density at radius 1 is 1.06 bits per heavy atom. The zero-order chi connectivity index (χ0) is 13.0. The van der Waals surface area contributed by atoms with Crippen LogP contribution in [0.4, 0.5) is 4.39 Å². The van der Waals surface area contributed by atoms with E-state index >= 15 is 0 Å². The summed E-state index contributed by atoms with van der Waals surface area (Å²) < 4.78 is 13.4. The molecule has 18 heavy (non-hydrogen) atoms. The molecule has 0 saturated carbocycles. The van der Waals surface area contributed by atoms with Gasteiger partial charge in [0.15, 0.2) is 0 Å². The van der Waals surface area contributed by atoms with Crippen LogP contribution < -0.4 is 5.32 Å². The van der Waals surface area contributed by atoms with Crippen LogP contribution in [0.15, 0.2) is 54.6 Å². The van der Waals surface area contributed by atoms with Gasteiger partial charge in [0, 0.05) is 0 Å². The third-order valence-corrected chi connectivity index (χ3v) is 2.77. The molecule has 2 rings (SSSR count). The minimum Gasteiger partial charge on any atom is -0.345 e. The van der Waals surface area contributed by atoms with Crippen LogP contribution in [0.3, 0.4) is 0 Å². The van der Waals surface area contributed by atoms with E-state index in [4.69, 9.17) is 0 Å². The Hall–Kier alpha value is -2.16. The number of carbonyl (C=O) groups excluding carboxylic acids is 1. The van der Waals surface area contributed by atoms with E-state index in [1.165, 1.54) is 12.1 Å². The van der Waals surface area contributed by atoms with Crippen molar-refractivity contribution in [3.05, 3.63) is 71.5 Å². The zero-order valence-corrected chi connectivity index (χ0v) is 10.1. The van der Waals surface area contributed by atoms with E-state index in [0.29, 0.717) is 0 Å². The Balaban J connectivity index is 2.11. The molecule has 0 spiro atoms. The van der Waals surface area contributed by atoms with Gasteiger partial charge in [-0.25, -0.2) is 4.39 Å². The smallest absolute Gasteiger partial charge is 0.254 e. The molecule has 3 heteroatoms. The van der Waals surface area contributed by atoms with Crippen molar-refractivity contribution >= 4 is 5.91 Å². The van der Waals surface area contributed by atoms with E-state index in [9.17, 15) is 9.18 Å². The van der Waals surface area contributed by atoms with Crippen LogP contribution in [0.25, 0.3) is 0 Å². The molecule has 92 valence electrons. The Labute approximate surface area is 105 Å².